The molecule has 0 aromatic carbocycles. The molecule has 0 spiro atoms. The first-order valence-electron chi connectivity index (χ1n) is 6.03. The summed E-state index contributed by atoms with van der Waals surface area (Å²) in [7, 11) is 0. The molecule has 5 nitrogen and oxygen atoms in total. The van der Waals surface area contributed by atoms with Crippen molar-refractivity contribution in [3.63, 3.8) is 0 Å². The number of carbonyl (C=O) groups is 1. The molecule has 0 amide bonds. The second-order valence-electron chi connectivity index (χ2n) is 4.60. The molecule has 0 radical (unpaired) electrons. The Morgan fingerprint density at radius 2 is 2.39 bits per heavy atom. The lowest BCUT2D eigenvalue weighted by Gasteiger charge is -2.13. The van der Waals surface area contributed by atoms with Crippen molar-refractivity contribution < 1.29 is 9.90 Å². The Hall–Kier alpha value is -2.09. The largest absolute Gasteiger partial charge is 0.477 e. The standard InChI is InChI=1S/C13H15N3O2/c14-7-6-9-4-5-10(8-9)15-12-3-1-2-11(16-12)13(17)18/h1-3,9-10H,4-6,8H2,(H,15,16)(H,17,18)/t9-,10-/m0/s1. The second-order valence-corrected chi connectivity index (χ2v) is 4.60. The molecular formula is C13H15N3O2. The van der Waals surface area contributed by atoms with Gasteiger partial charge in [-0.15, -0.1) is 0 Å². The van der Waals surface area contributed by atoms with Crippen LogP contribution >= 0.6 is 0 Å². The molecule has 1 saturated carbocycles. The van der Waals surface area contributed by atoms with Gasteiger partial charge in [-0.2, -0.15) is 5.26 Å². The van der Waals surface area contributed by atoms with E-state index in [2.05, 4.69) is 16.4 Å². The molecule has 1 heterocycles. The summed E-state index contributed by atoms with van der Waals surface area (Å²) in [6.07, 6.45) is 3.60. The molecule has 0 saturated heterocycles. The second kappa shape index (κ2) is 5.50. The lowest BCUT2D eigenvalue weighted by Crippen LogP contribution is -2.17. The predicted molar refractivity (Wildman–Crippen MR) is 66.2 cm³/mol. The van der Waals surface area contributed by atoms with E-state index in [1.807, 2.05) is 0 Å². The Morgan fingerprint density at radius 3 is 3.11 bits per heavy atom. The molecule has 5 heteroatoms. The van der Waals surface area contributed by atoms with E-state index in [0.29, 0.717) is 24.2 Å². The minimum atomic E-state index is -1.02. The first-order valence-corrected chi connectivity index (χ1v) is 6.03. The number of aromatic nitrogens is 1. The summed E-state index contributed by atoms with van der Waals surface area (Å²) in [5.41, 5.74) is 0.0478. The summed E-state index contributed by atoms with van der Waals surface area (Å²) in [5, 5.41) is 20.7. The van der Waals surface area contributed by atoms with E-state index in [1.165, 1.54) is 6.07 Å². The molecule has 0 aliphatic heterocycles. The van der Waals surface area contributed by atoms with Gasteiger partial charge >= 0.3 is 5.97 Å². The number of pyridine rings is 1. The van der Waals surface area contributed by atoms with E-state index in [9.17, 15) is 4.79 Å². The lowest BCUT2D eigenvalue weighted by atomic mass is 10.1. The number of nitrogens with one attached hydrogen (secondary N) is 1. The molecule has 0 bridgehead atoms. The van der Waals surface area contributed by atoms with Gasteiger partial charge in [0, 0.05) is 12.5 Å². The van der Waals surface area contributed by atoms with Crippen LogP contribution in [0.1, 0.15) is 36.2 Å². The molecule has 1 fully saturated rings. The van der Waals surface area contributed by atoms with E-state index >= 15 is 0 Å². The van der Waals surface area contributed by atoms with E-state index in [4.69, 9.17) is 10.4 Å². The van der Waals surface area contributed by atoms with Crippen molar-refractivity contribution in [2.75, 3.05) is 5.32 Å². The molecular weight excluding hydrogens is 230 g/mol. The van der Waals surface area contributed by atoms with Gasteiger partial charge in [-0.25, -0.2) is 9.78 Å². The van der Waals surface area contributed by atoms with Crippen molar-refractivity contribution in [2.24, 2.45) is 5.92 Å². The van der Waals surface area contributed by atoms with Gasteiger partial charge in [0.25, 0.3) is 0 Å². The number of aromatic carboxylic acids is 1. The van der Waals surface area contributed by atoms with E-state index < -0.39 is 5.97 Å². The number of rotatable bonds is 4. The summed E-state index contributed by atoms with van der Waals surface area (Å²) in [4.78, 5) is 14.8. The van der Waals surface area contributed by atoms with E-state index in [1.54, 1.807) is 12.1 Å². The zero-order valence-electron chi connectivity index (χ0n) is 9.97. The fraction of sp³-hybridized carbons (Fsp3) is 0.462. The van der Waals surface area contributed by atoms with Crippen LogP contribution in [0.4, 0.5) is 5.82 Å². The topological polar surface area (TPSA) is 86.0 Å². The van der Waals surface area contributed by atoms with Crippen molar-refractivity contribution in [3.05, 3.63) is 23.9 Å². The average molecular weight is 245 g/mol. The Bertz CT molecular complexity index is 481. The van der Waals surface area contributed by atoms with Gasteiger partial charge in [0.15, 0.2) is 5.69 Å². The van der Waals surface area contributed by atoms with Crippen LogP contribution < -0.4 is 5.32 Å². The highest BCUT2D eigenvalue weighted by Crippen LogP contribution is 2.29. The lowest BCUT2D eigenvalue weighted by molar-refractivity contribution is 0.0690. The Kier molecular flexibility index (Phi) is 3.78. The number of hydrogen-bond acceptors (Lipinski definition) is 4. The molecule has 1 aliphatic rings. The third-order valence-electron chi connectivity index (χ3n) is 3.24. The van der Waals surface area contributed by atoms with Crippen molar-refractivity contribution in [2.45, 2.75) is 31.7 Å². The molecule has 18 heavy (non-hydrogen) atoms. The molecule has 2 rings (SSSR count). The number of carboxylic acid groups (broad SMARTS) is 1. The summed E-state index contributed by atoms with van der Waals surface area (Å²) < 4.78 is 0. The first kappa shape index (κ1) is 12.4. The van der Waals surface area contributed by atoms with Gasteiger partial charge in [0.2, 0.25) is 0 Å². The van der Waals surface area contributed by atoms with Crippen LogP contribution in [-0.2, 0) is 0 Å². The quantitative estimate of drug-likeness (QED) is 0.849. The Balaban J connectivity index is 1.96. The summed E-state index contributed by atoms with van der Waals surface area (Å²) in [6, 6.07) is 7.41. The van der Waals surface area contributed by atoms with Crippen LogP contribution in [-0.4, -0.2) is 22.1 Å². The summed E-state index contributed by atoms with van der Waals surface area (Å²) >= 11 is 0. The summed E-state index contributed by atoms with van der Waals surface area (Å²) in [5.74, 6) is 0.0279. The zero-order valence-corrected chi connectivity index (χ0v) is 9.97. The maximum Gasteiger partial charge on any atom is 0.354 e. The fourth-order valence-corrected chi connectivity index (χ4v) is 2.36. The molecule has 2 N–H and O–H groups in total. The molecule has 2 atom stereocenters. The number of nitrogens with zero attached hydrogens (tertiary/aromatic N) is 2. The number of nitriles is 1. The average Bonchev–Trinajstić information content (AvgIpc) is 2.77. The smallest absolute Gasteiger partial charge is 0.354 e. The van der Waals surface area contributed by atoms with Gasteiger partial charge in [0.05, 0.1) is 6.07 Å². The minimum Gasteiger partial charge on any atom is -0.477 e. The van der Waals surface area contributed by atoms with Crippen molar-refractivity contribution in [3.8, 4) is 6.07 Å². The van der Waals surface area contributed by atoms with Crippen LogP contribution in [0.25, 0.3) is 0 Å². The van der Waals surface area contributed by atoms with Gasteiger partial charge in [0.1, 0.15) is 5.82 Å². The van der Waals surface area contributed by atoms with Gasteiger partial charge in [-0.05, 0) is 37.3 Å². The Labute approximate surface area is 105 Å². The zero-order chi connectivity index (χ0) is 13.0. The van der Waals surface area contributed by atoms with Crippen molar-refractivity contribution >= 4 is 11.8 Å². The van der Waals surface area contributed by atoms with Gasteiger partial charge in [-0.3, -0.25) is 0 Å². The molecule has 1 aliphatic carbocycles. The maximum atomic E-state index is 10.8. The highest BCUT2D eigenvalue weighted by Gasteiger charge is 2.24. The first-order chi connectivity index (χ1) is 8.69. The minimum absolute atomic E-state index is 0.0478. The third kappa shape index (κ3) is 2.98. The van der Waals surface area contributed by atoms with Crippen LogP contribution in [0.15, 0.2) is 18.2 Å². The summed E-state index contributed by atoms with van der Waals surface area (Å²) in [6.45, 7) is 0. The predicted octanol–water partition coefficient (Wildman–Crippen LogP) is 2.27. The normalized spacial score (nSPS) is 22.4. The monoisotopic (exact) mass is 245 g/mol. The van der Waals surface area contributed by atoms with Crippen LogP contribution in [0.5, 0.6) is 0 Å². The van der Waals surface area contributed by atoms with Crippen molar-refractivity contribution in [1.82, 2.24) is 4.98 Å². The number of anilines is 1. The van der Waals surface area contributed by atoms with E-state index in [-0.39, 0.29) is 5.69 Å². The number of carboxylic acids is 1. The van der Waals surface area contributed by atoms with Crippen molar-refractivity contribution in [1.29, 1.82) is 5.26 Å². The SMILES string of the molecule is N#CC[C@@H]1CC[C@H](Nc2cccc(C(=O)O)n2)C1. The maximum absolute atomic E-state index is 10.8. The fourth-order valence-electron chi connectivity index (χ4n) is 2.36. The number of hydrogen-bond donors (Lipinski definition) is 2. The van der Waals surface area contributed by atoms with Gasteiger partial charge < -0.3 is 10.4 Å². The highest BCUT2D eigenvalue weighted by molar-refractivity contribution is 5.85. The van der Waals surface area contributed by atoms with Gasteiger partial charge in [-0.1, -0.05) is 6.07 Å². The molecule has 94 valence electrons. The molecule has 1 aromatic heterocycles. The highest BCUT2D eigenvalue weighted by atomic mass is 16.4. The molecule has 1 aromatic rings. The van der Waals surface area contributed by atoms with E-state index in [0.717, 1.165) is 19.3 Å². The van der Waals surface area contributed by atoms with Crippen LogP contribution in [0.3, 0.4) is 0 Å². The van der Waals surface area contributed by atoms with Crippen LogP contribution in [0, 0.1) is 17.2 Å². The third-order valence-corrected chi connectivity index (χ3v) is 3.24. The van der Waals surface area contributed by atoms with Crippen LogP contribution in [0.2, 0.25) is 0 Å². The Morgan fingerprint density at radius 1 is 1.56 bits per heavy atom. The molecule has 0 unspecified atom stereocenters.